The van der Waals surface area contributed by atoms with Gasteiger partial charge in [0.1, 0.15) is 11.7 Å². The fraction of sp³-hybridized carbons (Fsp3) is 0.667. The van der Waals surface area contributed by atoms with Gasteiger partial charge in [-0.3, -0.25) is 10.4 Å². The molecule has 0 unspecified atom stereocenters. The topological polar surface area (TPSA) is 91.5 Å². The van der Waals surface area contributed by atoms with Gasteiger partial charge < -0.3 is 16.4 Å². The molecule has 0 bridgehead atoms. The fourth-order valence-corrected chi connectivity index (χ4v) is 0.561. The lowest BCUT2D eigenvalue weighted by atomic mass is 10.5. The van der Waals surface area contributed by atoms with Gasteiger partial charge in [0.05, 0.1) is 13.1 Å². The Morgan fingerprint density at radius 2 is 2.00 bits per heavy atom. The highest BCUT2D eigenvalue weighted by molar-refractivity contribution is 5.86. The molecule has 0 aromatic carbocycles. The van der Waals surface area contributed by atoms with Crippen molar-refractivity contribution in [3.8, 4) is 0 Å². The minimum absolute atomic E-state index is 0.0340. The van der Waals surface area contributed by atoms with E-state index in [0.29, 0.717) is 12.4 Å². The van der Waals surface area contributed by atoms with Crippen LogP contribution in [0.25, 0.3) is 0 Å². The number of hydrogen-bond acceptors (Lipinski definition) is 3. The summed E-state index contributed by atoms with van der Waals surface area (Å²) in [5.74, 6) is 0.539. The van der Waals surface area contributed by atoms with E-state index in [-0.39, 0.29) is 12.4 Å². The molecular formula is C6H15N5. The van der Waals surface area contributed by atoms with Crippen molar-refractivity contribution in [3.63, 3.8) is 0 Å². The van der Waals surface area contributed by atoms with E-state index in [9.17, 15) is 0 Å². The van der Waals surface area contributed by atoms with Crippen molar-refractivity contribution in [2.45, 2.75) is 0 Å². The van der Waals surface area contributed by atoms with E-state index in [4.69, 9.17) is 16.9 Å². The smallest absolute Gasteiger partial charge is 0.113 e. The van der Waals surface area contributed by atoms with Crippen LogP contribution < -0.4 is 11.5 Å². The predicted octanol–water partition coefficient (Wildman–Crippen LogP) is -1.16. The molecule has 0 aliphatic heterocycles. The molecular weight excluding hydrogens is 142 g/mol. The molecule has 0 heterocycles. The van der Waals surface area contributed by atoms with E-state index in [2.05, 4.69) is 4.99 Å². The van der Waals surface area contributed by atoms with Crippen LogP contribution in [0.5, 0.6) is 0 Å². The van der Waals surface area contributed by atoms with E-state index in [1.54, 1.807) is 0 Å². The van der Waals surface area contributed by atoms with Crippen molar-refractivity contribution in [2.75, 3.05) is 27.2 Å². The molecule has 11 heavy (non-hydrogen) atoms. The summed E-state index contributed by atoms with van der Waals surface area (Å²) < 4.78 is 0. The van der Waals surface area contributed by atoms with Crippen LogP contribution in [0.2, 0.25) is 0 Å². The highest BCUT2D eigenvalue weighted by Crippen LogP contribution is 1.76. The first-order chi connectivity index (χ1) is 5.02. The number of hydrogen-bond donors (Lipinski definition) is 3. The van der Waals surface area contributed by atoms with E-state index >= 15 is 0 Å². The SMILES string of the molecule is CN(C)CC(N)=NCC(=N)N. The molecule has 0 aromatic rings. The van der Waals surface area contributed by atoms with Crippen LogP contribution in [-0.2, 0) is 0 Å². The second kappa shape index (κ2) is 4.68. The van der Waals surface area contributed by atoms with E-state index in [1.807, 2.05) is 19.0 Å². The maximum absolute atomic E-state index is 6.87. The molecule has 0 aromatic heterocycles. The third-order valence-electron chi connectivity index (χ3n) is 0.931. The Kier molecular flexibility index (Phi) is 4.21. The lowest BCUT2D eigenvalue weighted by molar-refractivity contribution is 0.468. The lowest BCUT2D eigenvalue weighted by Crippen LogP contribution is -2.29. The van der Waals surface area contributed by atoms with Gasteiger partial charge in [-0.1, -0.05) is 0 Å². The van der Waals surface area contributed by atoms with Crippen LogP contribution in [0, 0.1) is 5.41 Å². The second-order valence-corrected chi connectivity index (χ2v) is 2.57. The van der Waals surface area contributed by atoms with Gasteiger partial charge in [-0.15, -0.1) is 0 Å². The monoisotopic (exact) mass is 157 g/mol. The largest absolute Gasteiger partial charge is 0.386 e. The highest BCUT2D eigenvalue weighted by Gasteiger charge is 1.94. The molecule has 5 N–H and O–H groups in total. The average molecular weight is 157 g/mol. The molecule has 0 saturated heterocycles. The Morgan fingerprint density at radius 1 is 1.45 bits per heavy atom. The summed E-state index contributed by atoms with van der Waals surface area (Å²) in [4.78, 5) is 5.77. The standard InChI is InChI=1S/C6H15N5/c1-11(2)4-6(9)10-3-5(7)8/h3-4H2,1-2H3,(H3,7,8)(H2,9,10). The van der Waals surface area contributed by atoms with Gasteiger partial charge in [0.15, 0.2) is 0 Å². The first-order valence-electron chi connectivity index (χ1n) is 3.28. The van der Waals surface area contributed by atoms with Gasteiger partial charge in [0.2, 0.25) is 0 Å². The summed E-state index contributed by atoms with van der Waals surface area (Å²) in [6.45, 7) is 0.799. The van der Waals surface area contributed by atoms with Crippen LogP contribution in [0.1, 0.15) is 0 Å². The van der Waals surface area contributed by atoms with Crippen LogP contribution >= 0.6 is 0 Å². The van der Waals surface area contributed by atoms with Crippen molar-refractivity contribution < 1.29 is 0 Å². The van der Waals surface area contributed by atoms with E-state index in [1.165, 1.54) is 0 Å². The number of nitrogens with one attached hydrogen (secondary N) is 1. The van der Waals surface area contributed by atoms with Gasteiger partial charge in [-0.2, -0.15) is 0 Å². The summed E-state index contributed by atoms with van der Waals surface area (Å²) in [5.41, 5.74) is 10.6. The molecule has 5 nitrogen and oxygen atoms in total. The predicted molar refractivity (Wildman–Crippen MR) is 47.0 cm³/mol. The number of amidine groups is 2. The Morgan fingerprint density at radius 3 is 2.36 bits per heavy atom. The quantitative estimate of drug-likeness (QED) is 0.355. The summed E-state index contributed by atoms with van der Waals surface area (Å²) in [6, 6.07) is 0. The third-order valence-corrected chi connectivity index (χ3v) is 0.931. The Hall–Kier alpha value is -1.10. The highest BCUT2D eigenvalue weighted by atomic mass is 15.1. The van der Waals surface area contributed by atoms with Crippen molar-refractivity contribution in [3.05, 3.63) is 0 Å². The number of rotatable bonds is 4. The fourth-order valence-electron chi connectivity index (χ4n) is 0.561. The number of nitrogens with two attached hydrogens (primary N) is 2. The summed E-state index contributed by atoms with van der Waals surface area (Å²) in [5, 5.41) is 6.87. The number of nitrogens with zero attached hydrogens (tertiary/aromatic N) is 2. The first kappa shape index (κ1) is 9.90. The minimum Gasteiger partial charge on any atom is -0.386 e. The molecule has 0 spiro atoms. The van der Waals surface area contributed by atoms with Crippen molar-refractivity contribution in [1.29, 1.82) is 5.41 Å². The van der Waals surface area contributed by atoms with Crippen molar-refractivity contribution >= 4 is 11.7 Å². The zero-order valence-electron chi connectivity index (χ0n) is 6.96. The maximum atomic E-state index is 6.87. The number of aliphatic imine (C=N–C) groups is 1. The molecule has 0 aliphatic carbocycles. The van der Waals surface area contributed by atoms with Crippen LogP contribution in [0.4, 0.5) is 0 Å². The first-order valence-corrected chi connectivity index (χ1v) is 3.28. The molecule has 0 amide bonds. The van der Waals surface area contributed by atoms with Crippen molar-refractivity contribution in [1.82, 2.24) is 4.90 Å². The zero-order valence-corrected chi connectivity index (χ0v) is 6.96. The van der Waals surface area contributed by atoms with Gasteiger partial charge in [0, 0.05) is 0 Å². The summed E-state index contributed by atoms with van der Waals surface area (Å²) in [7, 11) is 3.80. The van der Waals surface area contributed by atoms with Crippen LogP contribution in [0.15, 0.2) is 4.99 Å². The van der Waals surface area contributed by atoms with Gasteiger partial charge in [0.25, 0.3) is 0 Å². The van der Waals surface area contributed by atoms with Crippen molar-refractivity contribution in [2.24, 2.45) is 16.5 Å². The molecule has 0 fully saturated rings. The molecule has 0 radical (unpaired) electrons. The molecule has 0 rings (SSSR count). The summed E-state index contributed by atoms with van der Waals surface area (Å²) >= 11 is 0. The molecule has 0 aliphatic rings. The van der Waals surface area contributed by atoms with Gasteiger partial charge >= 0.3 is 0 Å². The van der Waals surface area contributed by atoms with Gasteiger partial charge in [-0.05, 0) is 14.1 Å². The normalized spacial score (nSPS) is 12.1. The van der Waals surface area contributed by atoms with Crippen LogP contribution in [0.3, 0.4) is 0 Å². The Balaban J connectivity index is 3.72. The Labute approximate surface area is 66.6 Å². The average Bonchev–Trinajstić information content (AvgIpc) is 1.82. The molecule has 5 heteroatoms. The third kappa shape index (κ3) is 6.79. The Bertz CT molecular complexity index is 160. The summed E-state index contributed by atoms with van der Waals surface area (Å²) in [6.07, 6.45) is 0. The molecule has 0 saturated carbocycles. The molecule has 64 valence electrons. The zero-order chi connectivity index (χ0) is 8.85. The lowest BCUT2D eigenvalue weighted by Gasteiger charge is -2.07. The second-order valence-electron chi connectivity index (χ2n) is 2.57. The maximum Gasteiger partial charge on any atom is 0.113 e. The van der Waals surface area contributed by atoms with E-state index < -0.39 is 0 Å². The van der Waals surface area contributed by atoms with Crippen LogP contribution in [-0.4, -0.2) is 43.8 Å². The van der Waals surface area contributed by atoms with Gasteiger partial charge in [-0.25, -0.2) is 0 Å². The minimum atomic E-state index is 0.0340. The molecule has 0 atom stereocenters. The van der Waals surface area contributed by atoms with E-state index in [0.717, 1.165) is 0 Å². The number of likely N-dealkylation sites (N-methyl/N-ethyl adjacent to an activating group) is 1.